The Balaban J connectivity index is 1.48. The van der Waals surface area contributed by atoms with E-state index in [2.05, 4.69) is 10.1 Å². The minimum absolute atomic E-state index is 0.171. The number of rotatable bonds is 5. The van der Waals surface area contributed by atoms with Crippen LogP contribution in [-0.2, 0) is 12.8 Å². The first-order valence-corrected chi connectivity index (χ1v) is 12.0. The average molecular weight is 498 g/mol. The van der Waals surface area contributed by atoms with Gasteiger partial charge in [0.05, 0.1) is 5.75 Å². The van der Waals surface area contributed by atoms with Crippen molar-refractivity contribution in [1.82, 2.24) is 24.3 Å². The molecular formula is C22H16FN5O2S3. The number of benzene rings is 2. The second kappa shape index (κ2) is 8.65. The molecule has 0 aliphatic rings. The predicted octanol–water partition coefficient (Wildman–Crippen LogP) is 5.31. The molecule has 11 heteroatoms. The molecule has 0 aliphatic heterocycles. The van der Waals surface area contributed by atoms with Gasteiger partial charge >= 0.3 is 0 Å². The first-order valence-electron chi connectivity index (χ1n) is 9.81. The maximum Gasteiger partial charge on any atom is 0.273 e. The van der Waals surface area contributed by atoms with Crippen molar-refractivity contribution in [2.45, 2.75) is 17.8 Å². The third-order valence-corrected chi connectivity index (χ3v) is 7.31. The number of nitrogens with zero attached hydrogens (tertiary/aromatic N) is 5. The molecule has 0 saturated carbocycles. The smallest absolute Gasteiger partial charge is 0.273 e. The van der Waals surface area contributed by atoms with Crippen LogP contribution in [0, 0.1) is 16.7 Å². The van der Waals surface area contributed by atoms with E-state index in [0.29, 0.717) is 42.5 Å². The van der Waals surface area contributed by atoms with Crippen molar-refractivity contribution >= 4 is 45.7 Å². The molecule has 166 valence electrons. The van der Waals surface area contributed by atoms with Crippen LogP contribution in [0.2, 0.25) is 0 Å². The highest BCUT2D eigenvalue weighted by atomic mass is 32.2. The zero-order valence-electron chi connectivity index (χ0n) is 17.5. The van der Waals surface area contributed by atoms with E-state index in [-0.39, 0.29) is 11.4 Å². The molecule has 0 aliphatic carbocycles. The number of thiazole rings is 1. The molecule has 0 unspecified atom stereocenters. The van der Waals surface area contributed by atoms with Gasteiger partial charge in [0, 0.05) is 18.3 Å². The highest BCUT2D eigenvalue weighted by Gasteiger charge is 2.17. The van der Waals surface area contributed by atoms with Gasteiger partial charge in [0.15, 0.2) is 14.8 Å². The van der Waals surface area contributed by atoms with Crippen LogP contribution in [-0.4, -0.2) is 24.3 Å². The molecule has 0 spiro atoms. The first-order chi connectivity index (χ1) is 15.9. The van der Waals surface area contributed by atoms with E-state index in [9.17, 15) is 9.18 Å². The summed E-state index contributed by atoms with van der Waals surface area (Å²) in [5, 5.41) is 4.41. The van der Waals surface area contributed by atoms with E-state index in [0.717, 1.165) is 11.3 Å². The van der Waals surface area contributed by atoms with Gasteiger partial charge in [-0.05, 0) is 43.4 Å². The van der Waals surface area contributed by atoms with Gasteiger partial charge in [-0.2, -0.15) is 4.98 Å². The fraction of sp³-hybridized carbons (Fsp3) is 0.136. The van der Waals surface area contributed by atoms with Crippen molar-refractivity contribution in [2.75, 3.05) is 0 Å². The molecule has 3 heterocycles. The lowest BCUT2D eigenvalue weighted by molar-refractivity contribution is 0.391. The van der Waals surface area contributed by atoms with Crippen LogP contribution in [0.5, 0.6) is 0 Å². The van der Waals surface area contributed by atoms with Crippen LogP contribution < -0.4 is 5.56 Å². The Morgan fingerprint density at radius 2 is 1.97 bits per heavy atom. The van der Waals surface area contributed by atoms with Gasteiger partial charge in [-0.1, -0.05) is 58.1 Å². The molecule has 0 saturated heterocycles. The van der Waals surface area contributed by atoms with Crippen molar-refractivity contribution in [3.8, 4) is 17.1 Å². The molecule has 0 N–H and O–H groups in total. The Bertz CT molecular complexity index is 1600. The van der Waals surface area contributed by atoms with E-state index < -0.39 is 0 Å². The summed E-state index contributed by atoms with van der Waals surface area (Å²) in [7, 11) is 1.67. The molecule has 2 aromatic carbocycles. The number of thioether (sulfide) groups is 1. The Kier molecular flexibility index (Phi) is 5.69. The summed E-state index contributed by atoms with van der Waals surface area (Å²) < 4.78 is 23.1. The zero-order chi connectivity index (χ0) is 23.1. The van der Waals surface area contributed by atoms with Crippen molar-refractivity contribution in [2.24, 2.45) is 7.05 Å². The van der Waals surface area contributed by atoms with E-state index in [1.165, 1.54) is 39.8 Å². The van der Waals surface area contributed by atoms with E-state index >= 15 is 0 Å². The molecule has 0 atom stereocenters. The van der Waals surface area contributed by atoms with Gasteiger partial charge in [0.1, 0.15) is 10.5 Å². The number of fused-ring (bicyclic) bond motifs is 1. The third-order valence-electron chi connectivity index (χ3n) is 4.94. The van der Waals surface area contributed by atoms with Crippen LogP contribution in [0.25, 0.3) is 27.4 Å². The van der Waals surface area contributed by atoms with Crippen LogP contribution in [0.1, 0.15) is 11.5 Å². The van der Waals surface area contributed by atoms with Crippen molar-refractivity contribution in [3.63, 3.8) is 0 Å². The normalized spacial score (nSPS) is 11.4. The van der Waals surface area contributed by atoms with E-state index in [4.69, 9.17) is 21.7 Å². The minimum Gasteiger partial charge on any atom is -0.338 e. The maximum absolute atomic E-state index is 13.5. The summed E-state index contributed by atoms with van der Waals surface area (Å²) in [4.78, 5) is 22.1. The summed E-state index contributed by atoms with van der Waals surface area (Å²) in [5.74, 6) is 0.561. The molecule has 7 nitrogen and oxygen atoms in total. The number of hydrogen-bond acceptors (Lipinski definition) is 8. The van der Waals surface area contributed by atoms with Gasteiger partial charge in [-0.25, -0.2) is 9.37 Å². The summed E-state index contributed by atoms with van der Waals surface area (Å²) in [5.41, 5.74) is 2.85. The third kappa shape index (κ3) is 4.14. The predicted molar refractivity (Wildman–Crippen MR) is 129 cm³/mol. The average Bonchev–Trinajstić information content (AvgIpc) is 3.40. The van der Waals surface area contributed by atoms with Gasteiger partial charge in [0.2, 0.25) is 11.7 Å². The van der Waals surface area contributed by atoms with Gasteiger partial charge in [0.25, 0.3) is 5.56 Å². The minimum atomic E-state index is -0.375. The number of hydrogen-bond donors (Lipinski definition) is 0. The monoisotopic (exact) mass is 497 g/mol. The second-order valence-corrected chi connectivity index (χ2v) is 9.85. The standard InChI is InChI=1S/C22H16FN5O2S3/c1-12-6-8-15(9-7-12)28-19-17(33-22(28)31)20(29)27(2)21(25-19)32-11-16-24-18(26-30-16)13-4-3-5-14(23)10-13/h3-10H,11H2,1-2H3. The quantitative estimate of drug-likeness (QED) is 0.185. The number of halogens is 1. The van der Waals surface area contributed by atoms with Crippen molar-refractivity contribution in [1.29, 1.82) is 0 Å². The van der Waals surface area contributed by atoms with Crippen LogP contribution in [0.4, 0.5) is 4.39 Å². The molecule has 0 amide bonds. The summed E-state index contributed by atoms with van der Waals surface area (Å²) in [6.45, 7) is 2.01. The highest BCUT2D eigenvalue weighted by molar-refractivity contribution is 7.98. The van der Waals surface area contributed by atoms with Crippen LogP contribution in [0.15, 0.2) is 63.0 Å². The SMILES string of the molecule is Cc1ccc(-n2c(=S)sc3c(=O)n(C)c(SCc4nc(-c5cccc(F)c5)no4)nc32)cc1. The molecule has 0 fully saturated rings. The lowest BCUT2D eigenvalue weighted by Crippen LogP contribution is -2.19. The Morgan fingerprint density at radius 1 is 1.18 bits per heavy atom. The van der Waals surface area contributed by atoms with Crippen LogP contribution >= 0.6 is 35.3 Å². The van der Waals surface area contributed by atoms with Gasteiger partial charge < -0.3 is 4.52 Å². The zero-order valence-corrected chi connectivity index (χ0v) is 19.9. The fourth-order valence-electron chi connectivity index (χ4n) is 3.25. The van der Waals surface area contributed by atoms with Crippen LogP contribution in [0.3, 0.4) is 0 Å². The van der Waals surface area contributed by atoms with E-state index in [1.54, 1.807) is 19.2 Å². The Hall–Kier alpha value is -3.15. The van der Waals surface area contributed by atoms with Crippen molar-refractivity contribution in [3.05, 3.63) is 80.1 Å². The van der Waals surface area contributed by atoms with Gasteiger partial charge in [-0.15, -0.1) is 0 Å². The largest absolute Gasteiger partial charge is 0.338 e. The fourth-order valence-corrected chi connectivity index (χ4v) is 5.40. The molecule has 5 aromatic rings. The molecule has 0 radical (unpaired) electrons. The highest BCUT2D eigenvalue weighted by Crippen LogP contribution is 2.27. The summed E-state index contributed by atoms with van der Waals surface area (Å²) >= 11 is 8.08. The van der Waals surface area contributed by atoms with E-state index in [1.807, 2.05) is 35.8 Å². The first kappa shape index (κ1) is 21.7. The maximum atomic E-state index is 13.5. The molecule has 3 aromatic heterocycles. The lowest BCUT2D eigenvalue weighted by atomic mass is 10.2. The molecule has 33 heavy (non-hydrogen) atoms. The van der Waals surface area contributed by atoms with Crippen molar-refractivity contribution < 1.29 is 8.91 Å². The Morgan fingerprint density at radius 3 is 2.73 bits per heavy atom. The number of aryl methyl sites for hydroxylation is 1. The topological polar surface area (TPSA) is 78.7 Å². The van der Waals surface area contributed by atoms with Gasteiger partial charge in [-0.3, -0.25) is 13.9 Å². The second-order valence-electron chi connectivity index (χ2n) is 7.26. The number of aromatic nitrogens is 5. The molecular weight excluding hydrogens is 481 g/mol. The molecule has 0 bridgehead atoms. The summed E-state index contributed by atoms with van der Waals surface area (Å²) in [6, 6.07) is 13.9. The molecule has 5 rings (SSSR count). The lowest BCUT2D eigenvalue weighted by Gasteiger charge is -2.08. The Labute approximate surface area is 200 Å². The summed E-state index contributed by atoms with van der Waals surface area (Å²) in [6.07, 6.45) is 0.